The molecule has 6 rings (SSSR count). The Balaban J connectivity index is 1.55. The summed E-state index contributed by atoms with van der Waals surface area (Å²) in [5, 5.41) is 47.4. The number of nitro benzene ring substituents is 2. The van der Waals surface area contributed by atoms with E-state index in [0.717, 1.165) is 30.4 Å². The van der Waals surface area contributed by atoms with Gasteiger partial charge in [0, 0.05) is 55.9 Å². The molecule has 1 amide bonds. The van der Waals surface area contributed by atoms with Gasteiger partial charge in [0.2, 0.25) is 5.79 Å². The van der Waals surface area contributed by atoms with Gasteiger partial charge in [-0.1, -0.05) is 43.1 Å². The molecule has 16 heteroatoms. The highest BCUT2D eigenvalue weighted by atomic mass is 16.7. The molecular weight excluding hydrogens is 789 g/mol. The zero-order chi connectivity index (χ0) is 43.5. The average molecular weight is 843 g/mol. The minimum absolute atomic E-state index is 0.00637. The van der Waals surface area contributed by atoms with Crippen molar-refractivity contribution in [2.24, 2.45) is 22.9 Å². The molecule has 3 aliphatic rings. The molecule has 2 N–H and O–H groups in total. The summed E-state index contributed by atoms with van der Waals surface area (Å²) in [6.45, 7) is 8.38. The van der Waals surface area contributed by atoms with Crippen molar-refractivity contribution in [1.82, 2.24) is 4.90 Å². The summed E-state index contributed by atoms with van der Waals surface area (Å²) in [7, 11) is 0. The van der Waals surface area contributed by atoms with E-state index in [1.807, 2.05) is 19.9 Å². The summed E-state index contributed by atoms with van der Waals surface area (Å²) in [6.07, 6.45) is 7.99. The number of fused-ring (bicyclic) bond motifs is 2. The van der Waals surface area contributed by atoms with E-state index in [4.69, 9.17) is 28.9 Å². The molecule has 16 nitrogen and oxygen atoms in total. The molecule has 1 saturated carbocycles. The number of oxime groups is 1. The number of amides is 1. The summed E-state index contributed by atoms with van der Waals surface area (Å²) in [4.78, 5) is 43.8. The Kier molecular flexibility index (Phi) is 15.1. The molecule has 0 unspecified atom stereocenters. The summed E-state index contributed by atoms with van der Waals surface area (Å²) in [6, 6.07) is 15.8. The topological polar surface area (TPSA) is 206 Å². The second-order valence-corrected chi connectivity index (χ2v) is 15.4. The molecule has 326 valence electrons. The number of benzene rings is 3. The van der Waals surface area contributed by atoms with Gasteiger partial charge < -0.3 is 34.0 Å². The highest BCUT2D eigenvalue weighted by Gasteiger charge is 2.65. The van der Waals surface area contributed by atoms with E-state index < -0.39 is 33.7 Å². The monoisotopic (exact) mass is 842 g/mol. The third-order valence-corrected chi connectivity index (χ3v) is 11.5. The molecule has 3 aromatic carbocycles. The van der Waals surface area contributed by atoms with Crippen LogP contribution in [0, 0.1) is 38.0 Å². The third-order valence-electron chi connectivity index (χ3n) is 11.5. The van der Waals surface area contributed by atoms with Gasteiger partial charge >= 0.3 is 6.09 Å². The number of nitro groups is 2. The van der Waals surface area contributed by atoms with Crippen LogP contribution in [0.15, 0.2) is 96.2 Å². The van der Waals surface area contributed by atoms with Crippen molar-refractivity contribution < 1.29 is 48.6 Å². The van der Waals surface area contributed by atoms with Crippen LogP contribution in [0.25, 0.3) is 0 Å². The Bertz CT molecular complexity index is 2090. The lowest BCUT2D eigenvalue weighted by Crippen LogP contribution is -2.70. The van der Waals surface area contributed by atoms with Crippen LogP contribution in [0.2, 0.25) is 0 Å². The molecule has 0 aromatic heterocycles. The van der Waals surface area contributed by atoms with Gasteiger partial charge in [-0.3, -0.25) is 25.1 Å². The van der Waals surface area contributed by atoms with Crippen LogP contribution in [0.5, 0.6) is 23.0 Å². The van der Waals surface area contributed by atoms with Crippen LogP contribution in [0.4, 0.5) is 16.2 Å². The number of aliphatic hydroxyl groups excluding tert-OH is 2. The SMILES string of the molecule is C=CCO[C@@]12Oc3ccc(Oc4cccc([N+](=O)[O-])c4)cc3[C@H]3[C@H](CCCCO)[C@@H](CCCCO)C=C(C(=NOCC)C[C@@H]1N(CCC)C(=O)Oc1ccc([N+](=O)[O-])cc1)[C@H]32. The third kappa shape index (κ3) is 9.87. The van der Waals surface area contributed by atoms with Gasteiger partial charge in [-0.15, -0.1) is 6.58 Å². The Morgan fingerprint density at radius 2 is 1.66 bits per heavy atom. The van der Waals surface area contributed by atoms with E-state index in [1.165, 1.54) is 36.4 Å². The van der Waals surface area contributed by atoms with Crippen LogP contribution in [-0.2, 0) is 9.57 Å². The van der Waals surface area contributed by atoms with Gasteiger partial charge in [-0.05, 0) is 92.8 Å². The van der Waals surface area contributed by atoms with Crippen molar-refractivity contribution in [3.63, 3.8) is 0 Å². The van der Waals surface area contributed by atoms with Crippen LogP contribution >= 0.6 is 0 Å². The lowest BCUT2D eigenvalue weighted by Gasteiger charge is -2.59. The quantitative estimate of drug-likeness (QED) is 0.0447. The number of non-ortho nitro benzene ring substituents is 2. The lowest BCUT2D eigenvalue weighted by molar-refractivity contribution is -0.385. The fourth-order valence-electron chi connectivity index (χ4n) is 9.06. The number of nitrogens with zero attached hydrogens (tertiary/aromatic N) is 4. The van der Waals surface area contributed by atoms with Gasteiger partial charge in [0.15, 0.2) is 0 Å². The van der Waals surface area contributed by atoms with E-state index >= 15 is 0 Å². The molecule has 0 bridgehead atoms. The largest absolute Gasteiger partial charge is 0.459 e. The highest BCUT2D eigenvalue weighted by Crippen LogP contribution is 2.62. The van der Waals surface area contributed by atoms with Gasteiger partial charge in [-0.2, -0.15) is 0 Å². The molecule has 0 spiro atoms. The summed E-state index contributed by atoms with van der Waals surface area (Å²) in [5.74, 6) is -1.21. The molecule has 2 aliphatic carbocycles. The fourth-order valence-corrected chi connectivity index (χ4v) is 9.06. The van der Waals surface area contributed by atoms with Gasteiger partial charge in [0.25, 0.3) is 11.4 Å². The van der Waals surface area contributed by atoms with E-state index in [0.29, 0.717) is 42.9 Å². The van der Waals surface area contributed by atoms with Crippen LogP contribution in [0.3, 0.4) is 0 Å². The zero-order valence-electron chi connectivity index (χ0n) is 34.6. The van der Waals surface area contributed by atoms with Crippen LogP contribution in [0.1, 0.15) is 76.7 Å². The predicted molar refractivity (Wildman–Crippen MR) is 226 cm³/mol. The zero-order valence-corrected chi connectivity index (χ0v) is 34.6. The maximum Gasteiger partial charge on any atom is 0.415 e. The number of rotatable bonds is 21. The first-order valence-corrected chi connectivity index (χ1v) is 20.9. The lowest BCUT2D eigenvalue weighted by atomic mass is 9.55. The number of hydrogen-bond acceptors (Lipinski definition) is 13. The molecule has 6 atom stereocenters. The minimum Gasteiger partial charge on any atom is -0.459 e. The Labute approximate surface area is 354 Å². The Morgan fingerprint density at radius 1 is 0.951 bits per heavy atom. The van der Waals surface area contributed by atoms with Crippen molar-refractivity contribution in [2.45, 2.75) is 83.0 Å². The van der Waals surface area contributed by atoms with E-state index in [9.17, 15) is 35.2 Å². The molecule has 3 aromatic rings. The van der Waals surface area contributed by atoms with Crippen molar-refractivity contribution >= 4 is 23.2 Å². The number of aliphatic hydroxyl groups is 2. The number of unbranched alkanes of at least 4 members (excludes halogenated alkanes) is 2. The van der Waals surface area contributed by atoms with Crippen LogP contribution in [-0.4, -0.2) is 81.6 Å². The Morgan fingerprint density at radius 3 is 2.33 bits per heavy atom. The molecular formula is C45H54N4O12. The second kappa shape index (κ2) is 20.6. The van der Waals surface area contributed by atoms with E-state index in [1.54, 1.807) is 35.2 Å². The summed E-state index contributed by atoms with van der Waals surface area (Å²) < 4.78 is 26.4. The minimum atomic E-state index is -1.54. The van der Waals surface area contributed by atoms with Crippen molar-refractivity contribution in [2.75, 3.05) is 33.0 Å². The van der Waals surface area contributed by atoms with Crippen LogP contribution < -0.4 is 14.2 Å². The first kappa shape index (κ1) is 44.7. The van der Waals surface area contributed by atoms with Gasteiger partial charge in [0.05, 0.1) is 34.1 Å². The number of carbonyl (C=O) groups is 1. The smallest absolute Gasteiger partial charge is 0.415 e. The van der Waals surface area contributed by atoms with E-state index in [-0.39, 0.29) is 80.0 Å². The van der Waals surface area contributed by atoms with Gasteiger partial charge in [-0.25, -0.2) is 4.79 Å². The molecule has 0 radical (unpaired) electrons. The van der Waals surface area contributed by atoms with Crippen molar-refractivity contribution in [3.05, 3.63) is 117 Å². The maximum atomic E-state index is 14.5. The standard InChI is InChI=1S/C45H54N4O12/c1-4-22-47(44(52)60-33-18-16-31(17-19-33)48(53)54)41-29-39(46-58-6-3)37-26-30(12-7-9-23-50)36(15-8-10-24-51)42-38-28-35(59-34-14-11-13-32(27-34)49(55)56)20-21-40(38)61-45(41,43(37)42)57-25-5-2/h5,11,13-14,16-21,26-28,30,36,41-43,50-51H,2,4,6-10,12,15,22-25,29H2,1,3H3/t30-,36+,41-,42+,43+,45+/m0/s1. The van der Waals surface area contributed by atoms with Crippen molar-refractivity contribution in [1.29, 1.82) is 0 Å². The van der Waals surface area contributed by atoms with E-state index in [2.05, 4.69) is 12.7 Å². The highest BCUT2D eigenvalue weighted by molar-refractivity contribution is 6.03. The average Bonchev–Trinajstić information content (AvgIpc) is 3.25. The first-order chi connectivity index (χ1) is 29.6. The second-order valence-electron chi connectivity index (χ2n) is 15.4. The summed E-state index contributed by atoms with van der Waals surface area (Å²) >= 11 is 0. The normalized spacial score (nSPS) is 23.1. The number of hydrogen-bond donors (Lipinski definition) is 2. The number of allylic oxidation sites excluding steroid dienone is 1. The molecule has 61 heavy (non-hydrogen) atoms. The Hall–Kier alpha value is -5.84. The number of carbonyl (C=O) groups excluding carboxylic acids is 1. The van der Waals surface area contributed by atoms with Crippen molar-refractivity contribution in [3.8, 4) is 23.0 Å². The maximum absolute atomic E-state index is 14.5. The first-order valence-electron chi connectivity index (χ1n) is 20.9. The van der Waals surface area contributed by atoms with Gasteiger partial charge in [0.1, 0.15) is 35.6 Å². The molecule has 1 aliphatic heterocycles. The fraction of sp³-hybridized carbons (Fsp3) is 0.467. The summed E-state index contributed by atoms with van der Waals surface area (Å²) in [5.41, 5.74) is 2.01. The molecule has 1 fully saturated rings. The molecule has 0 saturated heterocycles. The number of ether oxygens (including phenoxy) is 4. The molecule has 1 heterocycles. The predicted octanol–water partition coefficient (Wildman–Crippen LogP) is 8.86.